The number of hydrogen-bond acceptors (Lipinski definition) is 8. The van der Waals surface area contributed by atoms with Crippen molar-refractivity contribution in [2.24, 2.45) is 0 Å². The van der Waals surface area contributed by atoms with E-state index in [-0.39, 0.29) is 5.97 Å². The molecule has 10 heteroatoms. The van der Waals surface area contributed by atoms with Crippen molar-refractivity contribution in [1.29, 1.82) is 0 Å². The van der Waals surface area contributed by atoms with E-state index in [1.165, 1.54) is 16.0 Å². The Balaban J connectivity index is 1.79. The Kier molecular flexibility index (Phi) is 6.70. The third kappa shape index (κ3) is 5.21. The molecule has 3 aromatic rings. The lowest BCUT2D eigenvalue weighted by Gasteiger charge is -2.11. The van der Waals surface area contributed by atoms with Crippen LogP contribution >= 0.6 is 34.7 Å². The highest BCUT2D eigenvalue weighted by Gasteiger charge is 2.24. The van der Waals surface area contributed by atoms with Gasteiger partial charge in [0.2, 0.25) is 5.89 Å². The lowest BCUT2D eigenvalue weighted by Crippen LogP contribution is -2.14. The lowest BCUT2D eigenvalue weighted by molar-refractivity contribution is -0.143. The smallest absolute Gasteiger partial charge is 0.442 e. The first-order valence-electron chi connectivity index (χ1n) is 9.18. The number of aromatic nitrogens is 3. The first kappa shape index (κ1) is 21.9. The summed E-state index contributed by atoms with van der Waals surface area (Å²) in [5.41, 5.74) is 0.775. The van der Waals surface area contributed by atoms with Gasteiger partial charge in [-0.25, -0.2) is 9.78 Å². The normalized spacial score (nSPS) is 11.9. The van der Waals surface area contributed by atoms with Crippen LogP contribution < -0.4 is 5.76 Å². The average Bonchev–Trinajstić information content (AvgIpc) is 3.20. The maximum Gasteiger partial charge on any atom is 0.442 e. The molecule has 2 heterocycles. The van der Waals surface area contributed by atoms with Gasteiger partial charge in [0.05, 0.1) is 27.5 Å². The molecule has 0 unspecified atom stereocenters. The van der Waals surface area contributed by atoms with Gasteiger partial charge < -0.3 is 9.15 Å². The predicted octanol–water partition coefficient (Wildman–Crippen LogP) is 4.82. The number of halogens is 1. The molecule has 156 valence electrons. The molecule has 29 heavy (non-hydrogen) atoms. The molecule has 0 aliphatic heterocycles. The van der Waals surface area contributed by atoms with Crippen molar-refractivity contribution < 1.29 is 13.9 Å². The minimum absolute atomic E-state index is 0.179. The molecule has 2 aromatic heterocycles. The van der Waals surface area contributed by atoms with Crippen molar-refractivity contribution in [3.8, 4) is 5.69 Å². The van der Waals surface area contributed by atoms with Gasteiger partial charge in [0, 0.05) is 17.6 Å². The van der Waals surface area contributed by atoms with E-state index in [1.807, 2.05) is 20.8 Å². The van der Waals surface area contributed by atoms with E-state index >= 15 is 0 Å². The summed E-state index contributed by atoms with van der Waals surface area (Å²) in [7, 11) is 0. The fourth-order valence-electron chi connectivity index (χ4n) is 2.48. The maximum atomic E-state index is 12.3. The number of esters is 1. The van der Waals surface area contributed by atoms with E-state index in [0.29, 0.717) is 29.6 Å². The summed E-state index contributed by atoms with van der Waals surface area (Å²) in [5, 5.41) is 4.70. The quantitative estimate of drug-likeness (QED) is 0.286. The first-order valence-corrected chi connectivity index (χ1v) is 11.4. The Labute approximate surface area is 181 Å². The molecule has 0 aliphatic carbocycles. The molecule has 0 fully saturated rings. The van der Waals surface area contributed by atoms with Crippen LogP contribution in [0.1, 0.15) is 46.4 Å². The van der Waals surface area contributed by atoms with Crippen LogP contribution in [0.4, 0.5) is 0 Å². The van der Waals surface area contributed by atoms with Gasteiger partial charge in [-0.2, -0.15) is 4.68 Å². The summed E-state index contributed by atoms with van der Waals surface area (Å²) in [6.07, 6.45) is 1.11. The molecular formula is C19H22ClN3O4S2. The highest BCUT2D eigenvalue weighted by Crippen LogP contribution is 2.34. The van der Waals surface area contributed by atoms with Gasteiger partial charge >= 0.3 is 11.7 Å². The zero-order valence-corrected chi connectivity index (χ0v) is 19.0. The monoisotopic (exact) mass is 455 g/mol. The second-order valence-electron chi connectivity index (χ2n) is 7.34. The largest absolute Gasteiger partial charge is 0.466 e. The summed E-state index contributed by atoms with van der Waals surface area (Å²) < 4.78 is 13.2. The molecule has 7 nitrogen and oxygen atoms in total. The topological polar surface area (TPSA) is 87.2 Å². The zero-order chi connectivity index (χ0) is 21.2. The molecule has 0 saturated carbocycles. The van der Waals surface area contributed by atoms with Gasteiger partial charge in [-0.15, -0.1) is 16.4 Å². The van der Waals surface area contributed by atoms with Crippen molar-refractivity contribution >= 4 is 50.9 Å². The Morgan fingerprint density at radius 1 is 1.38 bits per heavy atom. The fourth-order valence-corrected chi connectivity index (χ4v) is 4.89. The van der Waals surface area contributed by atoms with E-state index in [1.54, 1.807) is 30.8 Å². The van der Waals surface area contributed by atoms with E-state index in [9.17, 15) is 9.59 Å². The van der Waals surface area contributed by atoms with E-state index in [4.69, 9.17) is 20.8 Å². The SMILES string of the molecule is CCOC(=O)CCCSc1nc2cc(-n3nc(C(C)(C)C)oc3=O)c(Cl)cc2s1. The number of rotatable bonds is 7. The molecule has 0 bridgehead atoms. The van der Waals surface area contributed by atoms with Crippen molar-refractivity contribution in [2.45, 2.75) is 50.3 Å². The summed E-state index contributed by atoms with van der Waals surface area (Å²) in [6, 6.07) is 3.53. The molecule has 0 radical (unpaired) electrons. The summed E-state index contributed by atoms with van der Waals surface area (Å²) in [4.78, 5) is 28.3. The number of thioether (sulfide) groups is 1. The van der Waals surface area contributed by atoms with E-state index in [2.05, 4.69) is 10.1 Å². The fraction of sp³-hybridized carbons (Fsp3) is 0.474. The van der Waals surface area contributed by atoms with Crippen LogP contribution in [0.2, 0.25) is 5.02 Å². The van der Waals surface area contributed by atoms with Crippen molar-refractivity contribution in [3.05, 3.63) is 33.6 Å². The van der Waals surface area contributed by atoms with Crippen molar-refractivity contribution in [1.82, 2.24) is 14.8 Å². The van der Waals surface area contributed by atoms with E-state index < -0.39 is 11.2 Å². The standard InChI is InChI=1S/C19H22ClN3O4S2/c1-5-26-15(24)7-6-8-28-17-21-12-10-13(11(20)9-14(12)29-17)23-18(25)27-16(22-23)19(2,3)4/h9-10H,5-8H2,1-4H3. The van der Waals surface area contributed by atoms with Gasteiger partial charge in [0.25, 0.3) is 0 Å². The Bertz CT molecular complexity index is 1080. The summed E-state index contributed by atoms with van der Waals surface area (Å²) in [6.45, 7) is 7.95. The number of carbonyl (C=O) groups is 1. The van der Waals surface area contributed by atoms with Gasteiger partial charge in [-0.3, -0.25) is 4.79 Å². The minimum Gasteiger partial charge on any atom is -0.466 e. The minimum atomic E-state index is -0.583. The van der Waals surface area contributed by atoms with Crippen molar-refractivity contribution in [2.75, 3.05) is 12.4 Å². The molecule has 0 saturated heterocycles. The Hall–Kier alpha value is -1.84. The van der Waals surface area contributed by atoms with Crippen LogP contribution in [0.5, 0.6) is 0 Å². The maximum absolute atomic E-state index is 12.3. The van der Waals surface area contributed by atoms with Gasteiger partial charge in [0.1, 0.15) is 0 Å². The Morgan fingerprint density at radius 2 is 2.14 bits per heavy atom. The molecule has 0 atom stereocenters. The molecule has 3 rings (SSSR count). The Morgan fingerprint density at radius 3 is 2.79 bits per heavy atom. The van der Waals surface area contributed by atoms with Gasteiger partial charge in [0.15, 0.2) is 4.34 Å². The van der Waals surface area contributed by atoms with Crippen molar-refractivity contribution in [3.63, 3.8) is 0 Å². The summed E-state index contributed by atoms with van der Waals surface area (Å²) >= 11 is 9.51. The van der Waals surface area contributed by atoms with Crippen LogP contribution in [-0.4, -0.2) is 33.1 Å². The molecule has 1 aromatic carbocycles. The third-order valence-electron chi connectivity index (χ3n) is 3.91. The van der Waals surface area contributed by atoms with Crippen LogP contribution in [0.15, 0.2) is 25.7 Å². The number of thiazole rings is 1. The van der Waals surface area contributed by atoms with Crippen LogP contribution in [0, 0.1) is 0 Å². The van der Waals surface area contributed by atoms with E-state index in [0.717, 1.165) is 26.7 Å². The first-order chi connectivity index (χ1) is 13.7. The molecule has 0 spiro atoms. The van der Waals surface area contributed by atoms with Gasteiger partial charge in [-0.05, 0) is 25.5 Å². The third-order valence-corrected chi connectivity index (χ3v) is 6.46. The number of carbonyl (C=O) groups excluding carboxylic acids is 1. The second kappa shape index (κ2) is 8.89. The highest BCUT2D eigenvalue weighted by atomic mass is 35.5. The molecule has 0 aliphatic rings. The average molecular weight is 456 g/mol. The predicted molar refractivity (Wildman–Crippen MR) is 116 cm³/mol. The number of ether oxygens (including phenoxy) is 1. The summed E-state index contributed by atoms with van der Waals surface area (Å²) in [5.74, 6) is 0.341. The molecule has 0 N–H and O–H groups in total. The molecule has 0 amide bonds. The number of hydrogen-bond donors (Lipinski definition) is 0. The second-order valence-corrected chi connectivity index (χ2v) is 10.1. The number of nitrogens with zero attached hydrogens (tertiary/aromatic N) is 3. The lowest BCUT2D eigenvalue weighted by atomic mass is 9.97. The molecular weight excluding hydrogens is 434 g/mol. The van der Waals surface area contributed by atoms with Crippen LogP contribution in [0.3, 0.4) is 0 Å². The van der Waals surface area contributed by atoms with Gasteiger partial charge in [-0.1, -0.05) is 44.1 Å². The van der Waals surface area contributed by atoms with Crippen LogP contribution in [0.25, 0.3) is 15.9 Å². The zero-order valence-electron chi connectivity index (χ0n) is 16.7. The number of fused-ring (bicyclic) bond motifs is 1. The van der Waals surface area contributed by atoms with Crippen LogP contribution in [-0.2, 0) is 14.9 Å². The number of benzene rings is 1. The highest BCUT2D eigenvalue weighted by molar-refractivity contribution is 8.01.